The third-order valence-electron chi connectivity index (χ3n) is 3.28. The maximum Gasteiger partial charge on any atom is 0.123 e. The lowest BCUT2D eigenvalue weighted by molar-refractivity contribution is 0.547. The van der Waals surface area contributed by atoms with Crippen LogP contribution in [-0.2, 0) is 6.42 Å². The Bertz CT molecular complexity index is 617. The predicted octanol–water partition coefficient (Wildman–Crippen LogP) is 4.19. The summed E-state index contributed by atoms with van der Waals surface area (Å²) in [5, 5.41) is 0.966. The molecule has 0 amide bonds. The highest BCUT2D eigenvalue weighted by Gasteiger charge is 2.14. The van der Waals surface area contributed by atoms with Gasteiger partial charge in [-0.3, -0.25) is 11.3 Å². The minimum absolute atomic E-state index is 0.162. The summed E-state index contributed by atoms with van der Waals surface area (Å²) < 4.78 is 13.3. The fourth-order valence-corrected chi connectivity index (χ4v) is 2.39. The molecule has 3 N–H and O–H groups in total. The van der Waals surface area contributed by atoms with Crippen LogP contribution in [0.15, 0.2) is 36.4 Å². The Hall–Kier alpha value is -1.13. The number of hydrazine groups is 1. The standard InChI is InChI=1S/C15H15Cl2FN2/c1-9-2-4-12(18)6-11(9)8-15(20-19)10-3-5-13(16)14(17)7-10/h2-7,15,20H,8,19H2,1H3. The topological polar surface area (TPSA) is 38.0 Å². The first kappa shape index (κ1) is 15.3. The molecular weight excluding hydrogens is 298 g/mol. The van der Waals surface area contributed by atoms with E-state index in [2.05, 4.69) is 5.43 Å². The van der Waals surface area contributed by atoms with Crippen molar-refractivity contribution in [2.24, 2.45) is 5.84 Å². The molecule has 0 fully saturated rings. The van der Waals surface area contributed by atoms with Crippen LogP contribution in [0, 0.1) is 12.7 Å². The zero-order valence-corrected chi connectivity index (χ0v) is 12.5. The van der Waals surface area contributed by atoms with Gasteiger partial charge in [-0.15, -0.1) is 0 Å². The molecule has 1 atom stereocenters. The monoisotopic (exact) mass is 312 g/mol. The molecule has 2 aromatic rings. The Morgan fingerprint density at radius 3 is 2.55 bits per heavy atom. The normalized spacial score (nSPS) is 12.4. The summed E-state index contributed by atoms with van der Waals surface area (Å²) in [6.07, 6.45) is 0.568. The second-order valence-corrected chi connectivity index (χ2v) is 5.48. The van der Waals surface area contributed by atoms with Crippen molar-refractivity contribution < 1.29 is 4.39 Å². The molecule has 0 bridgehead atoms. The van der Waals surface area contributed by atoms with Crippen molar-refractivity contribution in [3.05, 3.63) is 69.0 Å². The highest BCUT2D eigenvalue weighted by molar-refractivity contribution is 6.42. The molecule has 0 aliphatic rings. The zero-order valence-electron chi connectivity index (χ0n) is 11.0. The number of hydrogen-bond donors (Lipinski definition) is 2. The van der Waals surface area contributed by atoms with Crippen molar-refractivity contribution in [1.82, 2.24) is 5.43 Å². The minimum Gasteiger partial charge on any atom is -0.271 e. The quantitative estimate of drug-likeness (QED) is 0.656. The summed E-state index contributed by atoms with van der Waals surface area (Å²) in [5.41, 5.74) is 5.57. The first-order valence-electron chi connectivity index (χ1n) is 6.17. The van der Waals surface area contributed by atoms with Crippen molar-refractivity contribution >= 4 is 23.2 Å². The van der Waals surface area contributed by atoms with Gasteiger partial charge in [-0.05, 0) is 54.3 Å². The van der Waals surface area contributed by atoms with Gasteiger partial charge >= 0.3 is 0 Å². The average Bonchev–Trinajstić information content (AvgIpc) is 2.43. The highest BCUT2D eigenvalue weighted by atomic mass is 35.5. The summed E-state index contributed by atoms with van der Waals surface area (Å²) >= 11 is 11.9. The van der Waals surface area contributed by atoms with Crippen LogP contribution in [0.5, 0.6) is 0 Å². The van der Waals surface area contributed by atoms with E-state index in [0.717, 1.165) is 16.7 Å². The molecule has 0 saturated carbocycles. The molecule has 2 aromatic carbocycles. The lowest BCUT2D eigenvalue weighted by Gasteiger charge is -2.18. The number of benzene rings is 2. The molecule has 2 nitrogen and oxygen atoms in total. The van der Waals surface area contributed by atoms with E-state index in [1.807, 2.05) is 13.0 Å². The largest absolute Gasteiger partial charge is 0.271 e. The molecule has 5 heteroatoms. The predicted molar refractivity (Wildman–Crippen MR) is 81.4 cm³/mol. The Morgan fingerprint density at radius 2 is 1.90 bits per heavy atom. The van der Waals surface area contributed by atoms with Crippen LogP contribution in [0.2, 0.25) is 10.0 Å². The van der Waals surface area contributed by atoms with Gasteiger partial charge in [-0.2, -0.15) is 0 Å². The number of aryl methyl sites for hydroxylation is 1. The maximum atomic E-state index is 13.3. The van der Waals surface area contributed by atoms with E-state index in [1.165, 1.54) is 12.1 Å². The van der Waals surface area contributed by atoms with E-state index in [1.54, 1.807) is 18.2 Å². The molecule has 106 valence electrons. The third-order valence-corrected chi connectivity index (χ3v) is 4.02. The van der Waals surface area contributed by atoms with E-state index in [9.17, 15) is 4.39 Å². The third kappa shape index (κ3) is 3.49. The Kier molecular flexibility index (Phi) is 5.00. The molecule has 0 aliphatic carbocycles. The summed E-state index contributed by atoms with van der Waals surface area (Å²) in [5.74, 6) is 5.35. The summed E-state index contributed by atoms with van der Waals surface area (Å²) in [4.78, 5) is 0. The van der Waals surface area contributed by atoms with Crippen molar-refractivity contribution in [3.63, 3.8) is 0 Å². The SMILES string of the molecule is Cc1ccc(F)cc1CC(NN)c1ccc(Cl)c(Cl)c1. The Morgan fingerprint density at radius 1 is 1.15 bits per heavy atom. The maximum absolute atomic E-state index is 13.3. The summed E-state index contributed by atoms with van der Waals surface area (Å²) in [7, 11) is 0. The molecule has 2 rings (SSSR count). The van der Waals surface area contributed by atoms with E-state index in [-0.39, 0.29) is 11.9 Å². The average molecular weight is 313 g/mol. The van der Waals surface area contributed by atoms with E-state index in [0.29, 0.717) is 16.5 Å². The molecular formula is C15H15Cl2FN2. The first-order valence-corrected chi connectivity index (χ1v) is 6.93. The van der Waals surface area contributed by atoms with Gasteiger partial charge in [0.05, 0.1) is 16.1 Å². The van der Waals surface area contributed by atoms with Crippen LogP contribution in [0.4, 0.5) is 4.39 Å². The lowest BCUT2D eigenvalue weighted by Crippen LogP contribution is -2.29. The molecule has 1 unspecified atom stereocenters. The van der Waals surface area contributed by atoms with Gasteiger partial charge < -0.3 is 0 Å². The second-order valence-electron chi connectivity index (χ2n) is 4.67. The first-order chi connectivity index (χ1) is 9.51. The number of hydrogen-bond acceptors (Lipinski definition) is 2. The van der Waals surface area contributed by atoms with Crippen LogP contribution in [0.25, 0.3) is 0 Å². The van der Waals surface area contributed by atoms with Gasteiger partial charge in [-0.1, -0.05) is 35.3 Å². The van der Waals surface area contributed by atoms with Crippen molar-refractivity contribution in [1.29, 1.82) is 0 Å². The Labute approximate surface area is 127 Å². The van der Waals surface area contributed by atoms with Crippen molar-refractivity contribution in [2.75, 3.05) is 0 Å². The van der Waals surface area contributed by atoms with Crippen LogP contribution in [-0.4, -0.2) is 0 Å². The van der Waals surface area contributed by atoms with E-state index < -0.39 is 0 Å². The number of halogens is 3. The molecule has 20 heavy (non-hydrogen) atoms. The number of nitrogens with two attached hydrogens (primary N) is 1. The molecule has 0 aliphatic heterocycles. The van der Waals surface area contributed by atoms with Crippen LogP contribution < -0.4 is 11.3 Å². The van der Waals surface area contributed by atoms with E-state index in [4.69, 9.17) is 29.0 Å². The molecule has 0 heterocycles. The molecule has 0 radical (unpaired) electrons. The Balaban J connectivity index is 2.28. The van der Waals surface area contributed by atoms with Crippen molar-refractivity contribution in [2.45, 2.75) is 19.4 Å². The van der Waals surface area contributed by atoms with Crippen LogP contribution in [0.3, 0.4) is 0 Å². The highest BCUT2D eigenvalue weighted by Crippen LogP contribution is 2.27. The molecule has 0 saturated heterocycles. The minimum atomic E-state index is -0.254. The second kappa shape index (κ2) is 6.55. The van der Waals surface area contributed by atoms with Gasteiger partial charge in [0.2, 0.25) is 0 Å². The summed E-state index contributed by atoms with van der Waals surface area (Å²) in [6, 6.07) is 9.91. The molecule has 0 aromatic heterocycles. The number of rotatable bonds is 4. The van der Waals surface area contributed by atoms with Gasteiger partial charge in [0.1, 0.15) is 5.82 Å². The van der Waals surface area contributed by atoms with E-state index >= 15 is 0 Å². The summed E-state index contributed by atoms with van der Waals surface area (Å²) in [6.45, 7) is 1.94. The van der Waals surface area contributed by atoms with Gasteiger partial charge in [0, 0.05) is 0 Å². The fraction of sp³-hybridized carbons (Fsp3) is 0.200. The van der Waals surface area contributed by atoms with Gasteiger partial charge in [0.25, 0.3) is 0 Å². The van der Waals surface area contributed by atoms with Gasteiger partial charge in [0.15, 0.2) is 0 Å². The van der Waals surface area contributed by atoms with Gasteiger partial charge in [-0.25, -0.2) is 4.39 Å². The zero-order chi connectivity index (χ0) is 14.7. The number of nitrogens with one attached hydrogen (secondary N) is 1. The lowest BCUT2D eigenvalue weighted by atomic mass is 9.96. The fourth-order valence-electron chi connectivity index (χ4n) is 2.08. The smallest absolute Gasteiger partial charge is 0.123 e. The van der Waals surface area contributed by atoms with Crippen LogP contribution in [0.1, 0.15) is 22.7 Å². The van der Waals surface area contributed by atoms with Crippen molar-refractivity contribution in [3.8, 4) is 0 Å². The molecule has 0 spiro atoms. The van der Waals surface area contributed by atoms with Crippen LogP contribution >= 0.6 is 23.2 Å².